The number of amides is 1. The van der Waals surface area contributed by atoms with Gasteiger partial charge in [-0.15, -0.1) is 0 Å². The van der Waals surface area contributed by atoms with Crippen molar-refractivity contribution in [1.29, 1.82) is 0 Å². The van der Waals surface area contributed by atoms with Gasteiger partial charge in [0.1, 0.15) is 0 Å². The molecule has 1 fully saturated rings. The standard InChI is InChI=1S/C12H13ClN2O4/c1-7-11(4-5-19-7)14-12(16)9-6-8(15(17)18)2-3-10(9)13/h2-3,6-7,11H,4-5H2,1H3,(H,14,16). The number of halogens is 1. The fourth-order valence-corrected chi connectivity index (χ4v) is 2.17. The molecule has 1 saturated heterocycles. The van der Waals surface area contributed by atoms with Gasteiger partial charge in [-0.25, -0.2) is 0 Å². The van der Waals surface area contributed by atoms with E-state index in [1.165, 1.54) is 18.2 Å². The van der Waals surface area contributed by atoms with Crippen molar-refractivity contribution < 1.29 is 14.5 Å². The van der Waals surface area contributed by atoms with Crippen LogP contribution in [0.4, 0.5) is 5.69 Å². The molecule has 0 aliphatic carbocycles. The van der Waals surface area contributed by atoms with E-state index in [4.69, 9.17) is 16.3 Å². The van der Waals surface area contributed by atoms with Gasteiger partial charge in [0.2, 0.25) is 0 Å². The first-order valence-electron chi connectivity index (χ1n) is 5.85. The topological polar surface area (TPSA) is 81.5 Å². The van der Waals surface area contributed by atoms with Crippen molar-refractivity contribution in [3.05, 3.63) is 38.9 Å². The van der Waals surface area contributed by atoms with E-state index >= 15 is 0 Å². The fourth-order valence-electron chi connectivity index (χ4n) is 1.97. The maximum atomic E-state index is 12.1. The second kappa shape index (κ2) is 5.54. The Morgan fingerprint density at radius 3 is 2.89 bits per heavy atom. The normalized spacial score (nSPS) is 22.2. The molecular formula is C12H13ClN2O4. The zero-order chi connectivity index (χ0) is 14.0. The summed E-state index contributed by atoms with van der Waals surface area (Å²) < 4.78 is 5.34. The van der Waals surface area contributed by atoms with Crippen LogP contribution in [0.2, 0.25) is 5.02 Å². The molecule has 2 unspecified atom stereocenters. The molecule has 0 radical (unpaired) electrons. The summed E-state index contributed by atoms with van der Waals surface area (Å²) in [4.78, 5) is 22.2. The van der Waals surface area contributed by atoms with E-state index in [1.54, 1.807) is 0 Å². The van der Waals surface area contributed by atoms with E-state index in [0.717, 1.165) is 6.42 Å². The minimum absolute atomic E-state index is 0.0681. The van der Waals surface area contributed by atoms with Gasteiger partial charge in [-0.2, -0.15) is 0 Å². The molecule has 0 bridgehead atoms. The molecule has 2 rings (SSSR count). The second-order valence-electron chi connectivity index (χ2n) is 4.37. The zero-order valence-corrected chi connectivity index (χ0v) is 11.0. The first kappa shape index (κ1) is 13.8. The summed E-state index contributed by atoms with van der Waals surface area (Å²) >= 11 is 5.90. The SMILES string of the molecule is CC1OCCC1NC(=O)c1cc([N+](=O)[O-])ccc1Cl. The number of hydrogen-bond donors (Lipinski definition) is 1. The van der Waals surface area contributed by atoms with E-state index in [2.05, 4.69) is 5.32 Å². The molecule has 1 aliphatic rings. The highest BCUT2D eigenvalue weighted by Gasteiger charge is 2.27. The lowest BCUT2D eigenvalue weighted by atomic mass is 10.1. The van der Waals surface area contributed by atoms with Crippen LogP contribution in [-0.4, -0.2) is 29.6 Å². The van der Waals surface area contributed by atoms with Gasteiger partial charge >= 0.3 is 0 Å². The third-order valence-corrected chi connectivity index (χ3v) is 3.43. The van der Waals surface area contributed by atoms with Crippen LogP contribution < -0.4 is 5.32 Å². The van der Waals surface area contributed by atoms with Gasteiger partial charge in [-0.3, -0.25) is 14.9 Å². The van der Waals surface area contributed by atoms with Crippen LogP contribution in [0.5, 0.6) is 0 Å². The lowest BCUT2D eigenvalue weighted by Crippen LogP contribution is -2.39. The first-order chi connectivity index (χ1) is 8.99. The van der Waals surface area contributed by atoms with Gasteiger partial charge in [0.05, 0.1) is 27.7 Å². The Morgan fingerprint density at radius 2 is 2.32 bits per heavy atom. The van der Waals surface area contributed by atoms with Gasteiger partial charge in [0, 0.05) is 18.7 Å². The van der Waals surface area contributed by atoms with Gasteiger partial charge in [-0.1, -0.05) is 11.6 Å². The molecule has 7 heteroatoms. The van der Waals surface area contributed by atoms with Crippen LogP contribution >= 0.6 is 11.6 Å². The second-order valence-corrected chi connectivity index (χ2v) is 4.77. The van der Waals surface area contributed by atoms with E-state index in [1.807, 2.05) is 6.92 Å². The molecule has 0 aromatic heterocycles. The number of hydrogen-bond acceptors (Lipinski definition) is 4. The maximum Gasteiger partial charge on any atom is 0.270 e. The quantitative estimate of drug-likeness (QED) is 0.681. The summed E-state index contributed by atoms with van der Waals surface area (Å²) in [6.45, 7) is 2.46. The Kier molecular flexibility index (Phi) is 4.01. The largest absolute Gasteiger partial charge is 0.376 e. The summed E-state index contributed by atoms with van der Waals surface area (Å²) in [6, 6.07) is 3.70. The minimum atomic E-state index is -0.561. The molecular weight excluding hydrogens is 272 g/mol. The third-order valence-electron chi connectivity index (χ3n) is 3.10. The van der Waals surface area contributed by atoms with Gasteiger partial charge < -0.3 is 10.1 Å². The summed E-state index contributed by atoms with van der Waals surface area (Å²) in [6.07, 6.45) is 0.654. The number of ether oxygens (including phenoxy) is 1. The number of carbonyl (C=O) groups excluding carboxylic acids is 1. The average molecular weight is 285 g/mol. The molecule has 1 heterocycles. The van der Waals surface area contributed by atoms with Crippen LogP contribution in [0.15, 0.2) is 18.2 Å². The number of carbonyl (C=O) groups is 1. The average Bonchev–Trinajstić information content (AvgIpc) is 2.75. The van der Waals surface area contributed by atoms with Crippen LogP contribution in [-0.2, 0) is 4.74 Å². The number of nitrogens with zero attached hydrogens (tertiary/aromatic N) is 1. The van der Waals surface area contributed by atoms with Crippen molar-refractivity contribution in [2.24, 2.45) is 0 Å². The van der Waals surface area contributed by atoms with E-state index < -0.39 is 10.8 Å². The summed E-state index contributed by atoms with van der Waals surface area (Å²) in [5.74, 6) is -0.420. The number of rotatable bonds is 3. The molecule has 2 atom stereocenters. The molecule has 0 spiro atoms. The first-order valence-corrected chi connectivity index (χ1v) is 6.23. The van der Waals surface area contributed by atoms with E-state index in [-0.39, 0.29) is 28.4 Å². The number of non-ortho nitro benzene ring substituents is 1. The number of benzene rings is 1. The smallest absolute Gasteiger partial charge is 0.270 e. The summed E-state index contributed by atoms with van der Waals surface area (Å²) in [5.41, 5.74) is -0.0553. The minimum Gasteiger partial charge on any atom is -0.376 e. The zero-order valence-electron chi connectivity index (χ0n) is 10.3. The van der Waals surface area contributed by atoms with Crippen LogP contribution in [0.3, 0.4) is 0 Å². The van der Waals surface area contributed by atoms with Crippen LogP contribution in [0, 0.1) is 10.1 Å². The van der Waals surface area contributed by atoms with E-state index in [0.29, 0.717) is 6.61 Å². The Hall–Kier alpha value is -1.66. The van der Waals surface area contributed by atoms with E-state index in [9.17, 15) is 14.9 Å². The van der Waals surface area contributed by atoms with Crippen molar-refractivity contribution in [2.45, 2.75) is 25.5 Å². The molecule has 1 aromatic rings. The Bertz CT molecular complexity index is 520. The van der Waals surface area contributed by atoms with Gasteiger partial charge in [0.25, 0.3) is 11.6 Å². The molecule has 0 saturated carbocycles. The number of nitrogens with one attached hydrogen (secondary N) is 1. The Balaban J connectivity index is 2.18. The maximum absolute atomic E-state index is 12.1. The van der Waals surface area contributed by atoms with Crippen molar-refractivity contribution in [3.8, 4) is 0 Å². The number of nitro benzene ring substituents is 1. The lowest BCUT2D eigenvalue weighted by Gasteiger charge is -2.16. The van der Waals surface area contributed by atoms with Crippen LogP contribution in [0.1, 0.15) is 23.7 Å². The van der Waals surface area contributed by atoms with Gasteiger partial charge in [-0.05, 0) is 19.4 Å². The highest BCUT2D eigenvalue weighted by molar-refractivity contribution is 6.33. The molecule has 1 N–H and O–H groups in total. The fraction of sp³-hybridized carbons (Fsp3) is 0.417. The molecule has 19 heavy (non-hydrogen) atoms. The van der Waals surface area contributed by atoms with Crippen molar-refractivity contribution in [2.75, 3.05) is 6.61 Å². The summed E-state index contributed by atoms with van der Waals surface area (Å²) in [7, 11) is 0. The van der Waals surface area contributed by atoms with Crippen molar-refractivity contribution in [1.82, 2.24) is 5.32 Å². The monoisotopic (exact) mass is 284 g/mol. The predicted molar refractivity (Wildman–Crippen MR) is 69.4 cm³/mol. The molecule has 102 valence electrons. The summed E-state index contributed by atoms with van der Waals surface area (Å²) in [5, 5.41) is 13.7. The third kappa shape index (κ3) is 3.02. The molecule has 1 aromatic carbocycles. The molecule has 1 aliphatic heterocycles. The predicted octanol–water partition coefficient (Wildman–Crippen LogP) is 2.16. The molecule has 6 nitrogen and oxygen atoms in total. The van der Waals surface area contributed by atoms with Crippen molar-refractivity contribution >= 4 is 23.2 Å². The van der Waals surface area contributed by atoms with Crippen molar-refractivity contribution in [3.63, 3.8) is 0 Å². The molecule has 1 amide bonds. The highest BCUT2D eigenvalue weighted by atomic mass is 35.5. The Morgan fingerprint density at radius 1 is 1.58 bits per heavy atom. The highest BCUT2D eigenvalue weighted by Crippen LogP contribution is 2.23. The van der Waals surface area contributed by atoms with Crippen LogP contribution in [0.25, 0.3) is 0 Å². The Labute approximate surface area is 114 Å². The van der Waals surface area contributed by atoms with Gasteiger partial charge in [0.15, 0.2) is 0 Å². The lowest BCUT2D eigenvalue weighted by molar-refractivity contribution is -0.384. The number of nitro groups is 1.